The third-order valence-corrected chi connectivity index (χ3v) is 5.94. The van der Waals surface area contributed by atoms with Crippen molar-refractivity contribution in [1.29, 1.82) is 0 Å². The Kier molecular flexibility index (Phi) is 25.0. The first-order valence-electron chi connectivity index (χ1n) is 13.1. The summed E-state index contributed by atoms with van der Waals surface area (Å²) in [5.74, 6) is -0.663. The molecular formula is C26H56NO2+. The minimum Gasteiger partial charge on any atom is -0.481 e. The van der Waals surface area contributed by atoms with E-state index in [4.69, 9.17) is 5.11 Å². The summed E-state index contributed by atoms with van der Waals surface area (Å²) in [5.41, 5.74) is 0. The Morgan fingerprint density at radius 2 is 0.828 bits per heavy atom. The maximum atomic E-state index is 10.1. The molecule has 3 heteroatoms. The third-order valence-electron chi connectivity index (χ3n) is 5.94. The van der Waals surface area contributed by atoms with Crippen molar-refractivity contribution in [3.05, 3.63) is 0 Å². The highest BCUT2D eigenvalue weighted by molar-refractivity contribution is 5.66. The zero-order valence-corrected chi connectivity index (χ0v) is 20.9. The van der Waals surface area contributed by atoms with Crippen molar-refractivity contribution in [3.8, 4) is 0 Å². The molecule has 0 aliphatic carbocycles. The van der Waals surface area contributed by atoms with E-state index in [0.29, 0.717) is 6.42 Å². The van der Waals surface area contributed by atoms with Crippen molar-refractivity contribution in [2.75, 3.05) is 26.2 Å². The summed E-state index contributed by atoms with van der Waals surface area (Å²) in [6.07, 6.45) is 19.7. The SMILES string of the molecule is CCCCCCCCCC(=O)O.CCCC[N+](CCCC)(CCCC)CCCC. The van der Waals surface area contributed by atoms with E-state index < -0.39 is 5.97 Å². The first-order valence-corrected chi connectivity index (χ1v) is 13.1. The summed E-state index contributed by atoms with van der Waals surface area (Å²) in [7, 11) is 0. The third kappa shape index (κ3) is 21.9. The lowest BCUT2D eigenvalue weighted by Crippen LogP contribution is -2.50. The number of hydrogen-bond acceptors (Lipinski definition) is 1. The van der Waals surface area contributed by atoms with Crippen LogP contribution in [-0.2, 0) is 4.79 Å². The lowest BCUT2D eigenvalue weighted by Gasteiger charge is -2.39. The monoisotopic (exact) mass is 414 g/mol. The summed E-state index contributed by atoms with van der Waals surface area (Å²) in [5, 5.41) is 8.35. The Balaban J connectivity index is 0. The summed E-state index contributed by atoms with van der Waals surface area (Å²) < 4.78 is 1.42. The van der Waals surface area contributed by atoms with Gasteiger partial charge in [-0.25, -0.2) is 0 Å². The van der Waals surface area contributed by atoms with Gasteiger partial charge in [-0.05, 0) is 32.1 Å². The van der Waals surface area contributed by atoms with Gasteiger partial charge < -0.3 is 9.59 Å². The van der Waals surface area contributed by atoms with E-state index in [1.54, 1.807) is 0 Å². The standard InChI is InChI=1S/C16H36N.C10H20O2/c1-5-9-13-17(14-10-6-2,15-11-7-3)16-12-8-4;1-2-3-4-5-6-7-8-9-10(11)12/h5-16H2,1-4H3;2-9H2,1H3,(H,11,12)/q+1;. The second kappa shape index (κ2) is 23.7. The van der Waals surface area contributed by atoms with Gasteiger partial charge in [-0.2, -0.15) is 0 Å². The summed E-state index contributed by atoms with van der Waals surface area (Å²) in [6, 6.07) is 0. The van der Waals surface area contributed by atoms with Gasteiger partial charge in [-0.15, -0.1) is 0 Å². The molecular weight excluding hydrogens is 358 g/mol. The van der Waals surface area contributed by atoms with Gasteiger partial charge in [0.05, 0.1) is 26.2 Å². The molecule has 3 nitrogen and oxygen atoms in total. The van der Waals surface area contributed by atoms with E-state index in [0.717, 1.165) is 12.8 Å². The van der Waals surface area contributed by atoms with Gasteiger partial charge in [0.15, 0.2) is 0 Å². The van der Waals surface area contributed by atoms with Crippen LogP contribution in [0.2, 0.25) is 0 Å². The van der Waals surface area contributed by atoms with Crippen LogP contribution in [-0.4, -0.2) is 41.7 Å². The van der Waals surface area contributed by atoms with Crippen molar-refractivity contribution < 1.29 is 14.4 Å². The Hall–Kier alpha value is -0.570. The average molecular weight is 415 g/mol. The van der Waals surface area contributed by atoms with Crippen molar-refractivity contribution in [2.45, 2.75) is 137 Å². The number of nitrogens with zero attached hydrogens (tertiary/aromatic N) is 1. The smallest absolute Gasteiger partial charge is 0.303 e. The van der Waals surface area contributed by atoms with Gasteiger partial charge in [0.2, 0.25) is 0 Å². The molecule has 29 heavy (non-hydrogen) atoms. The lowest BCUT2D eigenvalue weighted by molar-refractivity contribution is -0.929. The molecule has 0 radical (unpaired) electrons. The van der Waals surface area contributed by atoms with Gasteiger partial charge in [0.1, 0.15) is 0 Å². The Morgan fingerprint density at radius 3 is 1.14 bits per heavy atom. The van der Waals surface area contributed by atoms with E-state index >= 15 is 0 Å². The van der Waals surface area contributed by atoms with E-state index in [-0.39, 0.29) is 0 Å². The van der Waals surface area contributed by atoms with Crippen molar-refractivity contribution >= 4 is 5.97 Å². The predicted molar refractivity (Wildman–Crippen MR) is 130 cm³/mol. The summed E-state index contributed by atoms with van der Waals surface area (Å²) in [4.78, 5) is 10.1. The van der Waals surface area contributed by atoms with Crippen LogP contribution in [0.4, 0.5) is 0 Å². The fourth-order valence-electron chi connectivity index (χ4n) is 3.88. The lowest BCUT2D eigenvalue weighted by atomic mass is 10.1. The fourth-order valence-corrected chi connectivity index (χ4v) is 3.88. The zero-order valence-electron chi connectivity index (χ0n) is 20.9. The van der Waals surface area contributed by atoms with Crippen molar-refractivity contribution in [1.82, 2.24) is 0 Å². The number of rotatable bonds is 20. The van der Waals surface area contributed by atoms with Crippen LogP contribution in [0.3, 0.4) is 0 Å². The number of hydrogen-bond donors (Lipinski definition) is 1. The van der Waals surface area contributed by atoms with Gasteiger partial charge in [0, 0.05) is 6.42 Å². The molecule has 0 amide bonds. The van der Waals surface area contributed by atoms with E-state index in [1.165, 1.54) is 114 Å². The van der Waals surface area contributed by atoms with Crippen LogP contribution >= 0.6 is 0 Å². The molecule has 0 unspecified atom stereocenters. The van der Waals surface area contributed by atoms with Crippen LogP contribution in [0, 0.1) is 0 Å². The average Bonchev–Trinajstić information content (AvgIpc) is 2.72. The van der Waals surface area contributed by atoms with Crippen molar-refractivity contribution in [3.63, 3.8) is 0 Å². The van der Waals surface area contributed by atoms with Crippen molar-refractivity contribution in [2.24, 2.45) is 0 Å². The highest BCUT2D eigenvalue weighted by Gasteiger charge is 2.24. The molecule has 1 N–H and O–H groups in total. The first-order chi connectivity index (χ1) is 14.0. The molecule has 0 bridgehead atoms. The van der Waals surface area contributed by atoms with E-state index in [9.17, 15) is 4.79 Å². The van der Waals surface area contributed by atoms with Gasteiger partial charge >= 0.3 is 5.97 Å². The Morgan fingerprint density at radius 1 is 0.517 bits per heavy atom. The molecule has 0 saturated carbocycles. The maximum absolute atomic E-state index is 10.1. The van der Waals surface area contributed by atoms with Crippen LogP contribution in [0.15, 0.2) is 0 Å². The number of carboxylic acid groups (broad SMARTS) is 1. The van der Waals surface area contributed by atoms with Crippen LogP contribution in [0.25, 0.3) is 0 Å². The largest absolute Gasteiger partial charge is 0.481 e. The molecule has 0 aliphatic rings. The molecule has 176 valence electrons. The highest BCUT2D eigenvalue weighted by Crippen LogP contribution is 2.16. The molecule has 0 fully saturated rings. The predicted octanol–water partition coefficient (Wildman–Crippen LogP) is 8.22. The van der Waals surface area contributed by atoms with Gasteiger partial charge in [0.25, 0.3) is 0 Å². The Labute approximate surface area is 184 Å². The van der Waals surface area contributed by atoms with Crippen LogP contribution in [0.5, 0.6) is 0 Å². The zero-order chi connectivity index (χ0) is 22.2. The van der Waals surface area contributed by atoms with E-state index in [1.807, 2.05) is 0 Å². The first kappa shape index (κ1) is 30.6. The fraction of sp³-hybridized carbons (Fsp3) is 0.962. The molecule has 0 aromatic carbocycles. The highest BCUT2D eigenvalue weighted by atomic mass is 16.4. The number of unbranched alkanes of at least 4 members (excludes halogenated alkanes) is 10. The number of aliphatic carboxylic acids is 1. The normalized spacial score (nSPS) is 11.2. The second-order valence-corrected chi connectivity index (χ2v) is 8.92. The molecule has 0 rings (SSSR count). The molecule has 0 aromatic rings. The minimum atomic E-state index is -0.663. The van der Waals surface area contributed by atoms with Gasteiger partial charge in [-0.3, -0.25) is 4.79 Å². The summed E-state index contributed by atoms with van der Waals surface area (Å²) >= 11 is 0. The quantitative estimate of drug-likeness (QED) is 0.161. The molecule has 0 heterocycles. The molecule has 0 aliphatic heterocycles. The molecule has 0 spiro atoms. The molecule has 0 saturated heterocycles. The van der Waals surface area contributed by atoms with Gasteiger partial charge in [-0.1, -0.05) is 98.8 Å². The molecule has 0 atom stereocenters. The minimum absolute atomic E-state index is 0.341. The Bertz CT molecular complexity index is 293. The summed E-state index contributed by atoms with van der Waals surface area (Å²) in [6.45, 7) is 17.2. The van der Waals surface area contributed by atoms with Crippen LogP contribution in [0.1, 0.15) is 137 Å². The number of carbonyl (C=O) groups is 1. The second-order valence-electron chi connectivity index (χ2n) is 8.92. The molecule has 0 aromatic heterocycles. The maximum Gasteiger partial charge on any atom is 0.303 e. The topological polar surface area (TPSA) is 37.3 Å². The number of carboxylic acids is 1. The van der Waals surface area contributed by atoms with E-state index in [2.05, 4.69) is 34.6 Å². The number of quaternary nitrogens is 1. The van der Waals surface area contributed by atoms with Crippen LogP contribution < -0.4 is 0 Å².